The summed E-state index contributed by atoms with van der Waals surface area (Å²) in [6.45, 7) is 4.31. The number of aryl methyl sites for hydroxylation is 1. The highest BCUT2D eigenvalue weighted by Crippen LogP contribution is 2.21. The van der Waals surface area contributed by atoms with E-state index in [9.17, 15) is 4.79 Å². The Balaban J connectivity index is 1.38. The van der Waals surface area contributed by atoms with Crippen molar-refractivity contribution in [2.45, 2.75) is 12.5 Å². The van der Waals surface area contributed by atoms with E-state index < -0.39 is 0 Å². The summed E-state index contributed by atoms with van der Waals surface area (Å²) in [6.07, 6.45) is 4.16. The van der Waals surface area contributed by atoms with E-state index in [0.717, 1.165) is 25.3 Å². The fourth-order valence-electron chi connectivity index (χ4n) is 3.38. The van der Waals surface area contributed by atoms with Gasteiger partial charge < -0.3 is 23.8 Å². The normalized spacial score (nSPS) is 20.4. The molecule has 0 unspecified atom stereocenters. The number of hydrogen-bond donors (Lipinski definition) is 0. The van der Waals surface area contributed by atoms with Crippen LogP contribution in [0.15, 0.2) is 30.7 Å². The van der Waals surface area contributed by atoms with Gasteiger partial charge >= 0.3 is 0 Å². The van der Waals surface area contributed by atoms with Crippen molar-refractivity contribution in [2.75, 3.05) is 44.3 Å². The van der Waals surface area contributed by atoms with Crippen molar-refractivity contribution >= 4 is 11.7 Å². The largest absolute Gasteiger partial charge is 0.472 e. The number of ether oxygens (including phenoxy) is 2. The molecule has 0 N–H and O–H groups in total. The maximum Gasteiger partial charge on any atom is 0.270 e. The van der Waals surface area contributed by atoms with E-state index in [1.807, 2.05) is 40.9 Å². The summed E-state index contributed by atoms with van der Waals surface area (Å²) in [5.41, 5.74) is 0.697. The lowest BCUT2D eigenvalue weighted by Crippen LogP contribution is -2.36. The third-order valence-electron chi connectivity index (χ3n) is 4.85. The molecule has 0 saturated carbocycles. The molecule has 2 fully saturated rings. The lowest BCUT2D eigenvalue weighted by molar-refractivity contribution is 0.0762. The molecule has 4 heterocycles. The molecule has 8 heteroatoms. The van der Waals surface area contributed by atoms with Crippen molar-refractivity contribution in [1.82, 2.24) is 19.4 Å². The fraction of sp³-hybridized carbons (Fsp3) is 0.500. The third-order valence-corrected chi connectivity index (χ3v) is 4.85. The van der Waals surface area contributed by atoms with Gasteiger partial charge in [0.2, 0.25) is 5.88 Å². The molecule has 0 aromatic carbocycles. The molecule has 2 aliphatic heterocycles. The predicted octanol–water partition coefficient (Wildman–Crippen LogP) is 0.945. The van der Waals surface area contributed by atoms with Gasteiger partial charge in [-0.3, -0.25) is 4.79 Å². The zero-order chi connectivity index (χ0) is 17.9. The Morgan fingerprint density at radius 3 is 2.88 bits per heavy atom. The number of morpholine rings is 1. The predicted molar refractivity (Wildman–Crippen MR) is 95.4 cm³/mol. The van der Waals surface area contributed by atoms with Gasteiger partial charge in [0, 0.05) is 45.4 Å². The minimum atomic E-state index is -0.0494. The molecule has 138 valence electrons. The highest BCUT2D eigenvalue weighted by Gasteiger charge is 2.29. The quantitative estimate of drug-likeness (QED) is 0.811. The Bertz CT molecular complexity index is 772. The number of hydrogen-bond acceptors (Lipinski definition) is 6. The standard InChI is InChI=1S/C18H23N5O3/c1-21-5-2-3-15(21)18(24)23-6-4-14(12-23)26-17-11-16(19-13-20-17)22-7-9-25-10-8-22/h2-3,5,11,13-14H,4,6-10,12H2,1H3/t14-/m1/s1. The summed E-state index contributed by atoms with van der Waals surface area (Å²) in [7, 11) is 1.88. The molecule has 2 aromatic rings. The SMILES string of the molecule is Cn1cccc1C(=O)N1CC[C@@H](Oc2cc(N3CCOCC3)ncn2)C1. The van der Waals surface area contributed by atoms with Crippen LogP contribution in [-0.2, 0) is 11.8 Å². The van der Waals surface area contributed by atoms with Gasteiger partial charge in [-0.2, -0.15) is 0 Å². The van der Waals surface area contributed by atoms with Gasteiger partial charge in [-0.15, -0.1) is 0 Å². The lowest BCUT2D eigenvalue weighted by atomic mass is 10.3. The Hall–Kier alpha value is -2.61. The lowest BCUT2D eigenvalue weighted by Gasteiger charge is -2.27. The summed E-state index contributed by atoms with van der Waals surface area (Å²) < 4.78 is 13.2. The van der Waals surface area contributed by atoms with Gasteiger partial charge in [-0.05, 0) is 12.1 Å². The van der Waals surface area contributed by atoms with Gasteiger partial charge in [0.1, 0.15) is 23.9 Å². The number of amides is 1. The summed E-state index contributed by atoms with van der Waals surface area (Å²) in [5.74, 6) is 1.45. The average molecular weight is 357 g/mol. The van der Waals surface area contributed by atoms with E-state index >= 15 is 0 Å². The minimum Gasteiger partial charge on any atom is -0.472 e. The van der Waals surface area contributed by atoms with E-state index in [1.54, 1.807) is 0 Å². The Kier molecular flexibility index (Phi) is 4.75. The molecule has 2 saturated heterocycles. The zero-order valence-electron chi connectivity index (χ0n) is 14.9. The van der Waals surface area contributed by atoms with Crippen molar-refractivity contribution < 1.29 is 14.3 Å². The average Bonchev–Trinajstić information content (AvgIpc) is 3.31. The van der Waals surface area contributed by atoms with Crippen molar-refractivity contribution in [1.29, 1.82) is 0 Å². The number of rotatable bonds is 4. The molecular formula is C18H23N5O3. The van der Waals surface area contributed by atoms with Crippen LogP contribution in [0.1, 0.15) is 16.9 Å². The van der Waals surface area contributed by atoms with Gasteiger partial charge in [-0.25, -0.2) is 9.97 Å². The number of likely N-dealkylation sites (tertiary alicyclic amines) is 1. The highest BCUT2D eigenvalue weighted by atomic mass is 16.5. The number of carbonyl (C=O) groups is 1. The van der Waals surface area contributed by atoms with E-state index in [1.165, 1.54) is 6.33 Å². The van der Waals surface area contributed by atoms with Crippen LogP contribution in [0.25, 0.3) is 0 Å². The topological polar surface area (TPSA) is 72.7 Å². The molecule has 2 aromatic heterocycles. The molecule has 26 heavy (non-hydrogen) atoms. The van der Waals surface area contributed by atoms with E-state index in [-0.39, 0.29) is 12.0 Å². The van der Waals surface area contributed by atoms with E-state index in [4.69, 9.17) is 9.47 Å². The smallest absolute Gasteiger partial charge is 0.270 e. The third kappa shape index (κ3) is 3.50. The number of anilines is 1. The highest BCUT2D eigenvalue weighted by molar-refractivity contribution is 5.93. The van der Waals surface area contributed by atoms with Gasteiger partial charge in [0.25, 0.3) is 5.91 Å². The van der Waals surface area contributed by atoms with Crippen molar-refractivity contribution in [3.05, 3.63) is 36.4 Å². The first-order chi connectivity index (χ1) is 12.7. The first-order valence-corrected chi connectivity index (χ1v) is 8.93. The molecule has 4 rings (SSSR count). The van der Waals surface area contributed by atoms with Crippen LogP contribution in [0.5, 0.6) is 5.88 Å². The van der Waals surface area contributed by atoms with Crippen LogP contribution in [0.4, 0.5) is 5.82 Å². The van der Waals surface area contributed by atoms with Crippen LogP contribution in [0.2, 0.25) is 0 Å². The Morgan fingerprint density at radius 1 is 1.27 bits per heavy atom. The number of nitrogens with zero attached hydrogens (tertiary/aromatic N) is 5. The molecule has 0 bridgehead atoms. The molecular weight excluding hydrogens is 334 g/mol. The molecule has 0 aliphatic carbocycles. The van der Waals surface area contributed by atoms with Crippen LogP contribution in [0, 0.1) is 0 Å². The first kappa shape index (κ1) is 16.8. The van der Waals surface area contributed by atoms with Gasteiger partial charge in [-0.1, -0.05) is 0 Å². The number of aromatic nitrogens is 3. The second-order valence-corrected chi connectivity index (χ2v) is 6.60. The Morgan fingerprint density at radius 2 is 2.12 bits per heavy atom. The van der Waals surface area contributed by atoms with Crippen molar-refractivity contribution in [3.63, 3.8) is 0 Å². The maximum absolute atomic E-state index is 12.6. The summed E-state index contributed by atoms with van der Waals surface area (Å²) in [6, 6.07) is 5.59. The fourth-order valence-corrected chi connectivity index (χ4v) is 3.38. The van der Waals surface area contributed by atoms with Gasteiger partial charge in [0.15, 0.2) is 0 Å². The molecule has 1 atom stereocenters. The minimum absolute atomic E-state index is 0.0419. The van der Waals surface area contributed by atoms with Gasteiger partial charge in [0.05, 0.1) is 19.8 Å². The first-order valence-electron chi connectivity index (χ1n) is 8.93. The maximum atomic E-state index is 12.6. The summed E-state index contributed by atoms with van der Waals surface area (Å²) >= 11 is 0. The molecule has 0 radical (unpaired) electrons. The Labute approximate surface area is 152 Å². The monoisotopic (exact) mass is 357 g/mol. The summed E-state index contributed by atoms with van der Waals surface area (Å²) in [5, 5.41) is 0. The molecule has 8 nitrogen and oxygen atoms in total. The van der Waals surface area contributed by atoms with Crippen LogP contribution < -0.4 is 9.64 Å². The van der Waals surface area contributed by atoms with E-state index in [2.05, 4.69) is 14.9 Å². The summed E-state index contributed by atoms with van der Waals surface area (Å²) in [4.78, 5) is 25.2. The van der Waals surface area contributed by atoms with Crippen LogP contribution in [-0.4, -0.2) is 70.8 Å². The molecule has 0 spiro atoms. The second-order valence-electron chi connectivity index (χ2n) is 6.60. The zero-order valence-corrected chi connectivity index (χ0v) is 14.9. The second kappa shape index (κ2) is 7.33. The van der Waals surface area contributed by atoms with Crippen molar-refractivity contribution in [2.24, 2.45) is 7.05 Å². The molecule has 1 amide bonds. The van der Waals surface area contributed by atoms with Crippen molar-refractivity contribution in [3.8, 4) is 5.88 Å². The molecule has 2 aliphatic rings. The van der Waals surface area contributed by atoms with Crippen LogP contribution >= 0.6 is 0 Å². The number of carbonyl (C=O) groups excluding carboxylic acids is 1. The van der Waals surface area contributed by atoms with Crippen LogP contribution in [0.3, 0.4) is 0 Å². The van der Waals surface area contributed by atoms with E-state index in [0.29, 0.717) is 37.9 Å².